The Balaban J connectivity index is 1.60. The predicted molar refractivity (Wildman–Crippen MR) is 104 cm³/mol. The number of nitrogens with one attached hydrogen (secondary N) is 1. The molecule has 2 aromatic rings. The number of carbonyl (C=O) groups is 1. The van der Waals surface area contributed by atoms with Gasteiger partial charge in [0, 0.05) is 50.6 Å². The Hall–Kier alpha value is -2.47. The molecule has 0 saturated carbocycles. The van der Waals surface area contributed by atoms with Gasteiger partial charge in [-0.1, -0.05) is 12.1 Å². The molecule has 1 N–H and O–H groups in total. The maximum absolute atomic E-state index is 11.1. The quantitative estimate of drug-likeness (QED) is 0.896. The zero-order valence-corrected chi connectivity index (χ0v) is 15.8. The molecule has 0 spiro atoms. The molecule has 3 rings (SSSR count). The molecular weight excluding hydrogens is 326 g/mol. The zero-order valence-electron chi connectivity index (χ0n) is 15.8. The van der Waals surface area contributed by atoms with Gasteiger partial charge in [-0.25, -0.2) is 9.97 Å². The number of aryl methyl sites for hydroxylation is 1. The van der Waals surface area contributed by atoms with Gasteiger partial charge in [-0.2, -0.15) is 0 Å². The Kier molecular flexibility index (Phi) is 5.83. The molecule has 1 aromatic heterocycles. The molecule has 138 valence electrons. The normalized spacial score (nSPS) is 17.7. The summed E-state index contributed by atoms with van der Waals surface area (Å²) in [6.07, 6.45) is 4.00. The summed E-state index contributed by atoms with van der Waals surface area (Å²) in [6.45, 7) is 6.58. The van der Waals surface area contributed by atoms with Crippen molar-refractivity contribution in [1.29, 1.82) is 0 Å². The van der Waals surface area contributed by atoms with Crippen LogP contribution < -0.4 is 10.2 Å². The van der Waals surface area contributed by atoms with Crippen LogP contribution in [0.3, 0.4) is 0 Å². The molecule has 1 atom stereocenters. The third-order valence-corrected chi connectivity index (χ3v) is 4.86. The lowest BCUT2D eigenvalue weighted by atomic mass is 10.0. The van der Waals surface area contributed by atoms with Crippen molar-refractivity contribution >= 4 is 17.4 Å². The minimum absolute atomic E-state index is 0.0420. The van der Waals surface area contributed by atoms with Crippen LogP contribution in [0.4, 0.5) is 11.5 Å². The van der Waals surface area contributed by atoms with Crippen molar-refractivity contribution in [2.24, 2.45) is 0 Å². The van der Waals surface area contributed by atoms with E-state index < -0.39 is 0 Å². The molecule has 2 heterocycles. The molecule has 6 nitrogen and oxygen atoms in total. The Labute approximate surface area is 155 Å². The summed E-state index contributed by atoms with van der Waals surface area (Å²) in [5, 5.41) is 2.81. The third-order valence-electron chi connectivity index (χ3n) is 4.86. The van der Waals surface area contributed by atoms with Crippen LogP contribution in [0.25, 0.3) is 0 Å². The number of hydrogen-bond donors (Lipinski definition) is 1. The Morgan fingerprint density at radius 2 is 2.08 bits per heavy atom. The number of piperidine rings is 1. The number of likely N-dealkylation sites (N-methyl/N-ethyl adjacent to an activating group) is 1. The van der Waals surface area contributed by atoms with E-state index >= 15 is 0 Å². The van der Waals surface area contributed by atoms with Crippen molar-refractivity contribution in [3.05, 3.63) is 47.9 Å². The van der Waals surface area contributed by atoms with Crippen LogP contribution in [0.15, 0.2) is 36.7 Å². The van der Waals surface area contributed by atoms with Crippen LogP contribution >= 0.6 is 0 Å². The average Bonchev–Trinajstić information content (AvgIpc) is 2.62. The smallest absolute Gasteiger partial charge is 0.221 e. The van der Waals surface area contributed by atoms with E-state index in [0.717, 1.165) is 36.8 Å². The number of aromatic nitrogens is 2. The molecular formula is C20H27N5O. The van der Waals surface area contributed by atoms with Crippen molar-refractivity contribution in [2.75, 3.05) is 30.4 Å². The van der Waals surface area contributed by atoms with Crippen LogP contribution in [-0.4, -0.2) is 47.0 Å². The number of carbonyl (C=O) groups excluding carboxylic acids is 1. The molecule has 0 bridgehead atoms. The first-order valence-electron chi connectivity index (χ1n) is 9.11. The van der Waals surface area contributed by atoms with Crippen molar-refractivity contribution in [1.82, 2.24) is 14.9 Å². The molecule has 6 heteroatoms. The summed E-state index contributed by atoms with van der Waals surface area (Å²) in [7, 11) is 2.12. The first-order valence-corrected chi connectivity index (χ1v) is 9.11. The van der Waals surface area contributed by atoms with E-state index in [4.69, 9.17) is 0 Å². The molecule has 1 fully saturated rings. The minimum atomic E-state index is -0.0420. The fourth-order valence-corrected chi connectivity index (χ4v) is 3.47. The number of amides is 1. The summed E-state index contributed by atoms with van der Waals surface area (Å²) >= 11 is 0. The predicted octanol–water partition coefficient (Wildman–Crippen LogP) is 2.84. The van der Waals surface area contributed by atoms with E-state index in [0.29, 0.717) is 6.04 Å². The second-order valence-corrected chi connectivity index (χ2v) is 7.04. The lowest BCUT2D eigenvalue weighted by Gasteiger charge is -2.38. The van der Waals surface area contributed by atoms with Crippen LogP contribution in [0.5, 0.6) is 0 Å². The summed E-state index contributed by atoms with van der Waals surface area (Å²) in [4.78, 5) is 24.5. The van der Waals surface area contributed by atoms with E-state index in [-0.39, 0.29) is 5.91 Å². The van der Waals surface area contributed by atoms with E-state index in [2.05, 4.69) is 44.3 Å². The summed E-state index contributed by atoms with van der Waals surface area (Å²) in [5.41, 5.74) is 3.10. The monoisotopic (exact) mass is 353 g/mol. The topological polar surface area (TPSA) is 61.4 Å². The molecule has 26 heavy (non-hydrogen) atoms. The van der Waals surface area contributed by atoms with Crippen LogP contribution in [0.2, 0.25) is 0 Å². The SMILES string of the molecule is CC(=O)Nc1ccc(CN2CCCC(N(C)c3cc(C)ncn3)C2)cc1. The fraction of sp³-hybridized carbons (Fsp3) is 0.450. The number of anilines is 2. The van der Waals surface area contributed by atoms with E-state index in [9.17, 15) is 4.79 Å². The van der Waals surface area contributed by atoms with Gasteiger partial charge >= 0.3 is 0 Å². The molecule has 0 aliphatic carbocycles. The second-order valence-electron chi connectivity index (χ2n) is 7.04. The fourth-order valence-electron chi connectivity index (χ4n) is 3.47. The highest BCUT2D eigenvalue weighted by atomic mass is 16.1. The Bertz CT molecular complexity index is 746. The van der Waals surface area contributed by atoms with Gasteiger partial charge in [0.25, 0.3) is 0 Å². The lowest BCUT2D eigenvalue weighted by molar-refractivity contribution is -0.114. The van der Waals surface area contributed by atoms with Gasteiger partial charge in [-0.05, 0) is 44.0 Å². The van der Waals surface area contributed by atoms with Crippen molar-refractivity contribution in [2.45, 2.75) is 39.3 Å². The molecule has 1 amide bonds. The van der Waals surface area contributed by atoms with Crippen molar-refractivity contribution in [3.8, 4) is 0 Å². The number of hydrogen-bond acceptors (Lipinski definition) is 5. The van der Waals surface area contributed by atoms with Crippen molar-refractivity contribution in [3.63, 3.8) is 0 Å². The number of rotatable bonds is 5. The van der Waals surface area contributed by atoms with Gasteiger partial charge < -0.3 is 10.2 Å². The molecule has 1 aliphatic rings. The maximum atomic E-state index is 11.1. The van der Waals surface area contributed by atoms with E-state index in [1.54, 1.807) is 6.33 Å². The standard InChI is InChI=1S/C20H27N5O/c1-15-11-20(22-14-21-15)24(3)19-5-4-10-25(13-19)12-17-6-8-18(9-7-17)23-16(2)26/h6-9,11,14,19H,4-5,10,12-13H2,1-3H3,(H,23,26). The molecule has 1 aromatic carbocycles. The molecule has 1 unspecified atom stereocenters. The average molecular weight is 353 g/mol. The maximum Gasteiger partial charge on any atom is 0.221 e. The molecule has 0 radical (unpaired) electrons. The Morgan fingerprint density at radius 1 is 1.31 bits per heavy atom. The summed E-state index contributed by atoms with van der Waals surface area (Å²) in [6, 6.07) is 10.6. The lowest BCUT2D eigenvalue weighted by Crippen LogP contribution is -2.46. The zero-order chi connectivity index (χ0) is 18.5. The third kappa shape index (κ3) is 4.79. The highest BCUT2D eigenvalue weighted by Crippen LogP contribution is 2.21. The molecule has 1 aliphatic heterocycles. The first kappa shape index (κ1) is 18.3. The van der Waals surface area contributed by atoms with Gasteiger partial charge in [0.05, 0.1) is 0 Å². The molecule has 1 saturated heterocycles. The van der Waals surface area contributed by atoms with Crippen LogP contribution in [0.1, 0.15) is 31.0 Å². The summed E-state index contributed by atoms with van der Waals surface area (Å²) < 4.78 is 0. The van der Waals surface area contributed by atoms with E-state index in [1.807, 2.05) is 25.1 Å². The number of nitrogens with zero attached hydrogens (tertiary/aromatic N) is 4. The van der Waals surface area contributed by atoms with Gasteiger partial charge in [-0.3, -0.25) is 9.69 Å². The minimum Gasteiger partial charge on any atom is -0.355 e. The number of likely N-dealkylation sites (tertiary alicyclic amines) is 1. The first-order chi connectivity index (χ1) is 12.5. The van der Waals surface area contributed by atoms with Gasteiger partial charge in [0.15, 0.2) is 0 Å². The highest BCUT2D eigenvalue weighted by molar-refractivity contribution is 5.88. The van der Waals surface area contributed by atoms with Gasteiger partial charge in [-0.15, -0.1) is 0 Å². The largest absolute Gasteiger partial charge is 0.355 e. The second kappa shape index (κ2) is 8.27. The van der Waals surface area contributed by atoms with Crippen LogP contribution in [0, 0.1) is 6.92 Å². The van der Waals surface area contributed by atoms with Crippen LogP contribution in [-0.2, 0) is 11.3 Å². The Morgan fingerprint density at radius 3 is 2.77 bits per heavy atom. The van der Waals surface area contributed by atoms with Gasteiger partial charge in [0.1, 0.15) is 12.1 Å². The number of benzene rings is 1. The van der Waals surface area contributed by atoms with Gasteiger partial charge in [0.2, 0.25) is 5.91 Å². The van der Waals surface area contributed by atoms with Crippen molar-refractivity contribution < 1.29 is 4.79 Å². The summed E-state index contributed by atoms with van der Waals surface area (Å²) in [5.74, 6) is 0.948. The highest BCUT2D eigenvalue weighted by Gasteiger charge is 2.24. The van der Waals surface area contributed by atoms with E-state index in [1.165, 1.54) is 25.3 Å².